The molecule has 0 fully saturated rings. The Labute approximate surface area is 87.7 Å². The Balaban J connectivity index is 2.34. The van der Waals surface area contributed by atoms with E-state index in [1.54, 1.807) is 0 Å². The molecule has 2 atom stereocenters. The molecule has 0 spiro atoms. The van der Waals surface area contributed by atoms with Gasteiger partial charge in [-0.15, -0.1) is 0 Å². The molecule has 0 amide bonds. The number of fused-ring (bicyclic) bond motifs is 1. The van der Waals surface area contributed by atoms with Gasteiger partial charge in [-0.2, -0.15) is 0 Å². The van der Waals surface area contributed by atoms with Crippen LogP contribution in [0, 0.1) is 5.92 Å². The Kier molecular flexibility index (Phi) is 2.54. The lowest BCUT2D eigenvalue weighted by atomic mass is 9.88. The molecule has 0 radical (unpaired) electrons. The Bertz CT molecular complexity index is 398. The maximum atomic E-state index is 10.9. The van der Waals surface area contributed by atoms with Gasteiger partial charge in [-0.05, 0) is 24.0 Å². The zero-order chi connectivity index (χ0) is 10.8. The number of aliphatic carboxylic acids is 1. The van der Waals surface area contributed by atoms with E-state index in [1.807, 2.05) is 24.3 Å². The summed E-state index contributed by atoms with van der Waals surface area (Å²) in [6.07, 6.45) is 2.18. The summed E-state index contributed by atoms with van der Waals surface area (Å²) in [4.78, 5) is 21.7. The second kappa shape index (κ2) is 3.85. The van der Waals surface area contributed by atoms with Crippen LogP contribution >= 0.6 is 0 Å². The quantitative estimate of drug-likeness (QED) is 0.601. The molecule has 0 aliphatic heterocycles. The fourth-order valence-electron chi connectivity index (χ4n) is 2.29. The molecule has 2 rings (SSSR count). The van der Waals surface area contributed by atoms with Crippen molar-refractivity contribution in [3.8, 4) is 0 Å². The Morgan fingerprint density at radius 2 is 2.20 bits per heavy atom. The summed E-state index contributed by atoms with van der Waals surface area (Å²) >= 11 is 0. The first-order valence-corrected chi connectivity index (χ1v) is 5.00. The van der Waals surface area contributed by atoms with Gasteiger partial charge < -0.3 is 9.90 Å². The van der Waals surface area contributed by atoms with E-state index < -0.39 is 11.9 Å². The van der Waals surface area contributed by atoms with E-state index in [9.17, 15) is 9.59 Å². The first-order valence-electron chi connectivity index (χ1n) is 5.00. The molecular weight excluding hydrogens is 192 g/mol. The molecule has 1 aliphatic carbocycles. The summed E-state index contributed by atoms with van der Waals surface area (Å²) in [6.45, 7) is 0. The number of carboxylic acid groups (broad SMARTS) is 1. The van der Waals surface area contributed by atoms with E-state index in [0.717, 1.165) is 18.4 Å². The third-order valence-electron chi connectivity index (χ3n) is 3.04. The van der Waals surface area contributed by atoms with Crippen molar-refractivity contribution in [3.63, 3.8) is 0 Å². The minimum atomic E-state index is -1.02. The molecule has 0 heterocycles. The van der Waals surface area contributed by atoms with Gasteiger partial charge in [0.25, 0.3) is 0 Å². The van der Waals surface area contributed by atoms with Crippen molar-refractivity contribution in [2.75, 3.05) is 0 Å². The van der Waals surface area contributed by atoms with Crippen molar-refractivity contribution >= 4 is 12.3 Å². The van der Waals surface area contributed by atoms with Gasteiger partial charge in [-0.1, -0.05) is 24.3 Å². The molecule has 0 saturated heterocycles. The van der Waals surface area contributed by atoms with Crippen LogP contribution in [0.25, 0.3) is 0 Å². The van der Waals surface area contributed by atoms with E-state index in [-0.39, 0.29) is 5.92 Å². The lowest BCUT2D eigenvalue weighted by Gasteiger charge is -2.14. The number of rotatable bonds is 3. The van der Waals surface area contributed by atoms with Crippen LogP contribution in [-0.4, -0.2) is 17.4 Å². The van der Waals surface area contributed by atoms with Crippen LogP contribution < -0.4 is 0 Å². The van der Waals surface area contributed by atoms with Gasteiger partial charge in [0.1, 0.15) is 12.2 Å². The minimum absolute atomic E-state index is 0.142. The summed E-state index contributed by atoms with van der Waals surface area (Å²) in [6, 6.07) is 7.75. The molecule has 2 unspecified atom stereocenters. The van der Waals surface area contributed by atoms with Crippen molar-refractivity contribution in [1.29, 1.82) is 0 Å². The molecule has 1 N–H and O–H groups in total. The number of carbonyl (C=O) groups excluding carboxylic acids is 1. The number of hydrogen-bond donors (Lipinski definition) is 1. The molecule has 0 aromatic heterocycles. The van der Waals surface area contributed by atoms with E-state index >= 15 is 0 Å². The highest BCUT2D eigenvalue weighted by atomic mass is 16.4. The van der Waals surface area contributed by atoms with Crippen LogP contribution in [0.2, 0.25) is 0 Å². The van der Waals surface area contributed by atoms with Crippen LogP contribution in [0.1, 0.15) is 23.5 Å². The largest absolute Gasteiger partial charge is 0.481 e. The van der Waals surface area contributed by atoms with Crippen LogP contribution in [0.3, 0.4) is 0 Å². The number of carboxylic acids is 1. The van der Waals surface area contributed by atoms with E-state index in [1.165, 1.54) is 5.56 Å². The molecular formula is C12H12O3. The highest BCUT2D eigenvalue weighted by Crippen LogP contribution is 2.37. The molecule has 3 nitrogen and oxygen atoms in total. The molecule has 1 aromatic carbocycles. The lowest BCUT2D eigenvalue weighted by molar-refractivity contribution is -0.144. The maximum absolute atomic E-state index is 10.9. The summed E-state index contributed by atoms with van der Waals surface area (Å²) in [7, 11) is 0. The predicted molar refractivity (Wildman–Crippen MR) is 54.7 cm³/mol. The van der Waals surface area contributed by atoms with E-state index in [2.05, 4.69) is 0 Å². The number of aldehydes is 1. The lowest BCUT2D eigenvalue weighted by Crippen LogP contribution is -2.21. The fourth-order valence-corrected chi connectivity index (χ4v) is 2.29. The number of benzene rings is 1. The number of aryl methyl sites for hydroxylation is 1. The zero-order valence-corrected chi connectivity index (χ0v) is 8.22. The topological polar surface area (TPSA) is 54.4 Å². The van der Waals surface area contributed by atoms with Crippen LogP contribution in [0.5, 0.6) is 0 Å². The van der Waals surface area contributed by atoms with Gasteiger partial charge >= 0.3 is 5.97 Å². The first kappa shape index (κ1) is 9.90. The second-order valence-electron chi connectivity index (χ2n) is 3.84. The van der Waals surface area contributed by atoms with E-state index in [4.69, 9.17) is 5.11 Å². The van der Waals surface area contributed by atoms with Gasteiger partial charge in [0.2, 0.25) is 0 Å². The highest BCUT2D eigenvalue weighted by Gasteiger charge is 2.33. The second-order valence-corrected chi connectivity index (χ2v) is 3.84. The zero-order valence-electron chi connectivity index (χ0n) is 8.22. The summed E-state index contributed by atoms with van der Waals surface area (Å²) < 4.78 is 0. The molecule has 1 aromatic rings. The summed E-state index contributed by atoms with van der Waals surface area (Å²) in [5.41, 5.74) is 2.20. The predicted octanol–water partition coefficient (Wildman–Crippen LogP) is 1.62. The van der Waals surface area contributed by atoms with Crippen molar-refractivity contribution in [3.05, 3.63) is 35.4 Å². The molecule has 15 heavy (non-hydrogen) atoms. The SMILES string of the molecule is O=CC(C(=O)O)C1CCc2ccccc21. The van der Waals surface area contributed by atoms with Crippen molar-refractivity contribution in [2.24, 2.45) is 5.92 Å². The summed E-state index contributed by atoms with van der Waals surface area (Å²) in [5, 5.41) is 8.93. The fraction of sp³-hybridized carbons (Fsp3) is 0.333. The van der Waals surface area contributed by atoms with Crippen LogP contribution in [0.15, 0.2) is 24.3 Å². The van der Waals surface area contributed by atoms with Gasteiger partial charge in [0.15, 0.2) is 0 Å². The molecule has 3 heteroatoms. The van der Waals surface area contributed by atoms with E-state index in [0.29, 0.717) is 6.29 Å². The Morgan fingerprint density at radius 1 is 1.47 bits per heavy atom. The van der Waals surface area contributed by atoms with Crippen molar-refractivity contribution < 1.29 is 14.7 Å². The highest BCUT2D eigenvalue weighted by molar-refractivity contribution is 5.87. The van der Waals surface area contributed by atoms with Crippen LogP contribution in [0.4, 0.5) is 0 Å². The van der Waals surface area contributed by atoms with Gasteiger partial charge in [-0.25, -0.2) is 0 Å². The first-order chi connectivity index (χ1) is 7.24. The monoisotopic (exact) mass is 204 g/mol. The molecule has 0 bridgehead atoms. The molecule has 1 aliphatic rings. The number of hydrogen-bond acceptors (Lipinski definition) is 2. The maximum Gasteiger partial charge on any atom is 0.314 e. The third kappa shape index (κ3) is 1.65. The van der Waals surface area contributed by atoms with Gasteiger partial charge in [-0.3, -0.25) is 4.79 Å². The Morgan fingerprint density at radius 3 is 2.87 bits per heavy atom. The smallest absolute Gasteiger partial charge is 0.314 e. The Hall–Kier alpha value is -1.64. The average Bonchev–Trinajstić information content (AvgIpc) is 2.63. The standard InChI is InChI=1S/C12H12O3/c13-7-11(12(14)15)10-6-5-8-3-1-2-4-9(8)10/h1-4,7,10-11H,5-6H2,(H,14,15). The van der Waals surface area contributed by atoms with Gasteiger partial charge in [0, 0.05) is 5.92 Å². The molecule has 0 saturated carbocycles. The normalized spacial score (nSPS) is 20.7. The van der Waals surface area contributed by atoms with Crippen molar-refractivity contribution in [1.82, 2.24) is 0 Å². The van der Waals surface area contributed by atoms with Gasteiger partial charge in [0.05, 0.1) is 0 Å². The number of carbonyl (C=O) groups is 2. The van der Waals surface area contributed by atoms with Crippen LogP contribution in [-0.2, 0) is 16.0 Å². The summed E-state index contributed by atoms with van der Waals surface area (Å²) in [5.74, 6) is -2.06. The average molecular weight is 204 g/mol. The molecule has 78 valence electrons. The third-order valence-corrected chi connectivity index (χ3v) is 3.04. The minimum Gasteiger partial charge on any atom is -0.481 e. The van der Waals surface area contributed by atoms with Crippen molar-refractivity contribution in [2.45, 2.75) is 18.8 Å².